The summed E-state index contributed by atoms with van der Waals surface area (Å²) in [6.45, 7) is 0. The average molecular weight is 1150 g/mol. The van der Waals surface area contributed by atoms with Crippen LogP contribution >= 0.6 is 0 Å². The van der Waals surface area contributed by atoms with Gasteiger partial charge in [-0.3, -0.25) is 9.80 Å². The Labute approximate surface area is 518 Å². The fourth-order valence-corrected chi connectivity index (χ4v) is 14.1. The molecule has 0 saturated carbocycles. The molecular weight excluding hydrogens is 1100 g/mol. The van der Waals surface area contributed by atoms with E-state index in [1.165, 1.54) is 87.2 Å². The minimum absolute atomic E-state index is 0.776. The van der Waals surface area contributed by atoms with E-state index in [1.54, 1.807) is 0 Å². The third kappa shape index (κ3) is 8.16. The SMILES string of the molecule is c1ccc2c(c1)c1ccccc1n2-c1ccc(N(c2ccc(-n3c4ccccc4c4ccccc43)cc2)c2cc(-c3ccnc(N(c4ccc(-n5c6ccccc6c6ccccc65)cc4)c4ccc(-n5c6ccccc6c6ccccc65)cc4)c3)ccn2)cc1. The second-order valence-electron chi connectivity index (χ2n) is 23.0. The van der Waals surface area contributed by atoms with Crippen molar-refractivity contribution < 1.29 is 0 Å². The minimum Gasteiger partial charge on any atom is -0.309 e. The molecule has 6 heterocycles. The van der Waals surface area contributed by atoms with Crippen LogP contribution in [-0.4, -0.2) is 28.2 Å². The fourth-order valence-electron chi connectivity index (χ4n) is 14.1. The summed E-state index contributed by atoms with van der Waals surface area (Å²) in [5, 5.41) is 9.83. The van der Waals surface area contributed by atoms with Gasteiger partial charge in [0, 0.05) is 101 Å². The summed E-state index contributed by atoms with van der Waals surface area (Å²) in [5.41, 5.74) is 19.6. The Morgan fingerprint density at radius 1 is 0.200 bits per heavy atom. The van der Waals surface area contributed by atoms with Crippen molar-refractivity contribution in [2.24, 2.45) is 0 Å². The molecule has 90 heavy (non-hydrogen) atoms. The van der Waals surface area contributed by atoms with Gasteiger partial charge in [0.25, 0.3) is 0 Å². The first kappa shape index (κ1) is 51.0. The molecule has 6 aromatic heterocycles. The standard InChI is InChI=1S/C82H54N8/c1-9-25-73-65(17-1)66-18-2-10-26-74(66)87(73)61-41-33-57(34-42-61)85(58-35-43-62(44-36-58)88-75-27-11-3-19-67(75)68-20-4-12-28-76(68)88)81-53-55(49-51-83-81)56-50-52-84-82(54-56)86(59-37-45-63(46-38-59)89-77-29-13-5-21-69(77)70-22-6-14-30-78(70)89)60-39-47-64(48-40-60)90-79-31-15-7-23-71(79)72-24-8-16-32-80(72)90/h1-54H. The Balaban J connectivity index is 0.757. The molecule has 0 aliphatic carbocycles. The largest absolute Gasteiger partial charge is 0.309 e. The molecule has 0 atom stereocenters. The second kappa shape index (κ2) is 20.7. The molecule has 12 aromatic carbocycles. The van der Waals surface area contributed by atoms with Gasteiger partial charge in [-0.2, -0.15) is 0 Å². The van der Waals surface area contributed by atoms with Crippen molar-refractivity contribution in [3.8, 4) is 33.9 Å². The highest BCUT2D eigenvalue weighted by Crippen LogP contribution is 2.43. The van der Waals surface area contributed by atoms with Gasteiger partial charge < -0.3 is 18.3 Å². The maximum absolute atomic E-state index is 5.20. The van der Waals surface area contributed by atoms with Gasteiger partial charge in [-0.15, -0.1) is 0 Å². The van der Waals surface area contributed by atoms with Crippen molar-refractivity contribution in [3.05, 3.63) is 328 Å². The molecule has 0 bridgehead atoms. The van der Waals surface area contributed by atoms with Gasteiger partial charge in [-0.05, 0) is 181 Å². The summed E-state index contributed by atoms with van der Waals surface area (Å²) in [4.78, 5) is 14.9. The van der Waals surface area contributed by atoms with E-state index in [0.717, 1.165) is 68.3 Å². The highest BCUT2D eigenvalue weighted by atomic mass is 15.2. The quantitative estimate of drug-likeness (QED) is 0.130. The Kier molecular flexibility index (Phi) is 11.7. The van der Waals surface area contributed by atoms with Crippen LogP contribution in [-0.2, 0) is 0 Å². The van der Waals surface area contributed by atoms with E-state index in [-0.39, 0.29) is 0 Å². The lowest BCUT2D eigenvalue weighted by atomic mass is 10.1. The summed E-state index contributed by atoms with van der Waals surface area (Å²) in [5.74, 6) is 1.55. The first-order chi connectivity index (χ1) is 44.7. The van der Waals surface area contributed by atoms with Crippen molar-refractivity contribution >= 4 is 122 Å². The normalized spacial score (nSPS) is 11.8. The van der Waals surface area contributed by atoms with Gasteiger partial charge in [0.15, 0.2) is 0 Å². The van der Waals surface area contributed by atoms with E-state index in [0.29, 0.717) is 0 Å². The summed E-state index contributed by atoms with van der Waals surface area (Å²) in [6, 6.07) is 113. The summed E-state index contributed by atoms with van der Waals surface area (Å²) >= 11 is 0. The van der Waals surface area contributed by atoms with Gasteiger partial charge in [-0.25, -0.2) is 9.97 Å². The molecule has 0 unspecified atom stereocenters. The number of fused-ring (bicyclic) bond motifs is 12. The smallest absolute Gasteiger partial charge is 0.138 e. The zero-order valence-electron chi connectivity index (χ0n) is 48.8. The van der Waals surface area contributed by atoms with Crippen LogP contribution in [0, 0.1) is 0 Å². The van der Waals surface area contributed by atoms with Crippen LogP contribution in [0.4, 0.5) is 34.4 Å². The van der Waals surface area contributed by atoms with Crippen molar-refractivity contribution in [3.63, 3.8) is 0 Å². The molecule has 18 aromatic rings. The van der Waals surface area contributed by atoms with Crippen LogP contribution in [0.2, 0.25) is 0 Å². The van der Waals surface area contributed by atoms with Crippen LogP contribution in [0.3, 0.4) is 0 Å². The number of rotatable bonds is 11. The predicted molar refractivity (Wildman–Crippen MR) is 374 cm³/mol. The zero-order valence-corrected chi connectivity index (χ0v) is 48.8. The van der Waals surface area contributed by atoms with Gasteiger partial charge in [0.1, 0.15) is 11.6 Å². The average Bonchev–Trinajstić information content (AvgIpc) is 1.81. The van der Waals surface area contributed by atoms with E-state index < -0.39 is 0 Å². The van der Waals surface area contributed by atoms with Crippen molar-refractivity contribution in [2.75, 3.05) is 9.80 Å². The molecule has 0 aliphatic heterocycles. The van der Waals surface area contributed by atoms with Crippen molar-refractivity contribution in [2.45, 2.75) is 0 Å². The third-order valence-corrected chi connectivity index (χ3v) is 18.1. The van der Waals surface area contributed by atoms with Crippen LogP contribution in [0.1, 0.15) is 0 Å². The number of aromatic nitrogens is 6. The molecule has 8 heteroatoms. The molecule has 0 radical (unpaired) electrons. The Morgan fingerprint density at radius 2 is 0.389 bits per heavy atom. The van der Waals surface area contributed by atoms with Gasteiger partial charge in [-0.1, -0.05) is 146 Å². The first-order valence-corrected chi connectivity index (χ1v) is 30.5. The molecule has 0 spiro atoms. The highest BCUT2D eigenvalue weighted by molar-refractivity contribution is 6.12. The van der Waals surface area contributed by atoms with Crippen LogP contribution in [0.15, 0.2) is 328 Å². The highest BCUT2D eigenvalue weighted by Gasteiger charge is 2.22. The van der Waals surface area contributed by atoms with E-state index in [1.807, 2.05) is 12.4 Å². The van der Waals surface area contributed by atoms with E-state index in [9.17, 15) is 0 Å². The molecular formula is C82H54N8. The molecule has 0 fully saturated rings. The zero-order chi connectivity index (χ0) is 59.2. The number of pyridine rings is 2. The lowest BCUT2D eigenvalue weighted by Crippen LogP contribution is -2.12. The Morgan fingerprint density at radius 3 is 0.589 bits per heavy atom. The first-order valence-electron chi connectivity index (χ1n) is 30.5. The molecule has 0 amide bonds. The van der Waals surface area contributed by atoms with Crippen LogP contribution < -0.4 is 9.80 Å². The van der Waals surface area contributed by atoms with Crippen LogP contribution in [0.25, 0.3) is 121 Å². The number of hydrogen-bond donors (Lipinski definition) is 0. The van der Waals surface area contributed by atoms with Gasteiger partial charge in [0.05, 0.1) is 44.1 Å². The molecule has 0 aliphatic rings. The maximum Gasteiger partial charge on any atom is 0.138 e. The number of nitrogens with zero attached hydrogens (tertiary/aromatic N) is 8. The molecule has 422 valence electrons. The summed E-state index contributed by atoms with van der Waals surface area (Å²) in [6.07, 6.45) is 3.85. The number of hydrogen-bond acceptors (Lipinski definition) is 4. The Bertz CT molecular complexity index is 4900. The lowest BCUT2D eigenvalue weighted by Gasteiger charge is -2.26. The monoisotopic (exact) mass is 1150 g/mol. The fraction of sp³-hybridized carbons (Fsp3) is 0. The predicted octanol–water partition coefficient (Wildman–Crippen LogP) is 21.5. The number of benzene rings is 12. The minimum atomic E-state index is 0.776. The van der Waals surface area contributed by atoms with Crippen LogP contribution in [0.5, 0.6) is 0 Å². The summed E-state index contributed by atoms with van der Waals surface area (Å²) in [7, 11) is 0. The molecule has 0 N–H and O–H groups in total. The Hall–Kier alpha value is -12.3. The van der Waals surface area contributed by atoms with Gasteiger partial charge >= 0.3 is 0 Å². The lowest BCUT2D eigenvalue weighted by molar-refractivity contribution is 1.14. The molecule has 8 nitrogen and oxygen atoms in total. The topological polar surface area (TPSA) is 52.0 Å². The van der Waals surface area contributed by atoms with E-state index >= 15 is 0 Å². The van der Waals surface area contributed by atoms with Crippen molar-refractivity contribution in [1.82, 2.24) is 28.2 Å². The molecule has 0 saturated heterocycles. The van der Waals surface area contributed by atoms with E-state index in [4.69, 9.17) is 9.97 Å². The molecule has 18 rings (SSSR count). The van der Waals surface area contributed by atoms with E-state index in [2.05, 4.69) is 344 Å². The second-order valence-corrected chi connectivity index (χ2v) is 23.0. The maximum atomic E-state index is 5.20. The number of anilines is 6. The van der Waals surface area contributed by atoms with Crippen molar-refractivity contribution in [1.29, 1.82) is 0 Å². The number of para-hydroxylation sites is 8. The summed E-state index contributed by atoms with van der Waals surface area (Å²) < 4.78 is 9.46. The van der Waals surface area contributed by atoms with Gasteiger partial charge in [0.2, 0.25) is 0 Å². The third-order valence-electron chi connectivity index (χ3n) is 18.1.